The quantitative estimate of drug-likeness (QED) is 0.659. The molecule has 0 aliphatic rings. The molecule has 0 unspecified atom stereocenters. The number of carboxylic acid groups (broad SMARTS) is 1. The van der Waals surface area contributed by atoms with Crippen molar-refractivity contribution in [1.29, 1.82) is 0 Å². The monoisotopic (exact) mass is 188 g/mol. The van der Waals surface area contributed by atoms with Crippen molar-refractivity contribution in [3.05, 3.63) is 0 Å². The molecule has 0 aliphatic carbocycles. The Kier molecular flexibility index (Phi) is 3.05. The number of aliphatic carboxylic acids is 1. The number of carbonyl (C=O) groups is 1. The van der Waals surface area contributed by atoms with E-state index in [0.29, 0.717) is 14.2 Å². The Morgan fingerprint density at radius 1 is 1.25 bits per heavy atom. The predicted molar refractivity (Wildman–Crippen MR) is 30.4 cm³/mol. The number of carboxylic acids is 1. The van der Waals surface area contributed by atoms with E-state index in [2.05, 4.69) is 9.47 Å². The zero-order valence-corrected chi connectivity index (χ0v) is 6.31. The van der Waals surface area contributed by atoms with E-state index >= 15 is 0 Å². The Hall–Kier alpha value is -0.820. The van der Waals surface area contributed by atoms with Crippen molar-refractivity contribution in [2.75, 3.05) is 14.2 Å². The van der Waals surface area contributed by atoms with E-state index in [0.717, 1.165) is 0 Å². The summed E-state index contributed by atoms with van der Waals surface area (Å²) in [6, 6.07) is 0. The second kappa shape index (κ2) is 3.28. The molecule has 0 aliphatic heterocycles. The first-order valence-electron chi connectivity index (χ1n) is 2.72. The number of alkyl halides is 3. The largest absolute Gasteiger partial charge is 0.477 e. The Labute approximate surface area is 65.9 Å². The van der Waals surface area contributed by atoms with Crippen molar-refractivity contribution in [1.82, 2.24) is 0 Å². The number of methoxy groups -OCH3 is 2. The van der Waals surface area contributed by atoms with Gasteiger partial charge in [0, 0.05) is 14.2 Å². The van der Waals surface area contributed by atoms with Gasteiger partial charge in [-0.05, 0) is 0 Å². The molecule has 4 nitrogen and oxygen atoms in total. The molecule has 7 heteroatoms. The maximum Gasteiger partial charge on any atom is 0.455 e. The second-order valence-corrected chi connectivity index (χ2v) is 1.83. The first kappa shape index (κ1) is 11.2. The van der Waals surface area contributed by atoms with Crippen LogP contribution in [-0.2, 0) is 14.3 Å². The first-order chi connectivity index (χ1) is 5.31. The van der Waals surface area contributed by atoms with Crippen LogP contribution in [0, 0.1) is 0 Å². The molecule has 0 radical (unpaired) electrons. The molecule has 0 rings (SSSR count). The highest BCUT2D eigenvalue weighted by Gasteiger charge is 2.63. The minimum Gasteiger partial charge on any atom is -0.477 e. The predicted octanol–water partition coefficient (Wildman–Crippen LogP) is 0.622. The molecular formula is C5H7F3O4. The molecule has 0 saturated heterocycles. The maximum absolute atomic E-state index is 12.0. The van der Waals surface area contributed by atoms with Gasteiger partial charge in [0.25, 0.3) is 0 Å². The van der Waals surface area contributed by atoms with Gasteiger partial charge in [0.2, 0.25) is 0 Å². The van der Waals surface area contributed by atoms with E-state index in [9.17, 15) is 18.0 Å². The van der Waals surface area contributed by atoms with Gasteiger partial charge in [-0.1, -0.05) is 0 Å². The normalized spacial score (nSPS) is 13.1. The molecule has 0 aromatic heterocycles. The van der Waals surface area contributed by atoms with Crippen LogP contribution >= 0.6 is 0 Å². The summed E-state index contributed by atoms with van der Waals surface area (Å²) in [6.07, 6.45) is -5.11. The Balaban J connectivity index is 4.97. The summed E-state index contributed by atoms with van der Waals surface area (Å²) in [5.41, 5.74) is 0. The van der Waals surface area contributed by atoms with Crippen molar-refractivity contribution in [2.45, 2.75) is 12.0 Å². The lowest BCUT2D eigenvalue weighted by Gasteiger charge is -2.27. The molecule has 0 atom stereocenters. The van der Waals surface area contributed by atoms with Crippen LogP contribution in [0.2, 0.25) is 0 Å². The highest BCUT2D eigenvalue weighted by atomic mass is 19.4. The van der Waals surface area contributed by atoms with Crippen LogP contribution in [0.15, 0.2) is 0 Å². The molecule has 0 aromatic rings. The van der Waals surface area contributed by atoms with Crippen molar-refractivity contribution >= 4 is 5.97 Å². The van der Waals surface area contributed by atoms with Gasteiger partial charge in [0.1, 0.15) is 0 Å². The second-order valence-electron chi connectivity index (χ2n) is 1.83. The smallest absolute Gasteiger partial charge is 0.455 e. The molecule has 0 bridgehead atoms. The van der Waals surface area contributed by atoms with Crippen LogP contribution in [0.4, 0.5) is 13.2 Å². The highest BCUT2D eigenvalue weighted by molar-refractivity contribution is 5.76. The molecule has 1 N–H and O–H groups in total. The summed E-state index contributed by atoms with van der Waals surface area (Å²) in [4.78, 5) is 10.2. The molecular weight excluding hydrogens is 181 g/mol. The highest BCUT2D eigenvalue weighted by Crippen LogP contribution is 2.33. The van der Waals surface area contributed by atoms with Gasteiger partial charge in [-0.3, -0.25) is 0 Å². The molecule has 0 amide bonds. The van der Waals surface area contributed by atoms with Crippen LogP contribution in [-0.4, -0.2) is 37.3 Å². The number of halogens is 3. The number of rotatable bonds is 3. The van der Waals surface area contributed by atoms with Crippen LogP contribution in [0.25, 0.3) is 0 Å². The average molecular weight is 188 g/mol. The third-order valence-corrected chi connectivity index (χ3v) is 1.23. The number of hydrogen-bond acceptors (Lipinski definition) is 3. The van der Waals surface area contributed by atoms with Crippen LogP contribution in [0.1, 0.15) is 0 Å². The third kappa shape index (κ3) is 1.51. The fourth-order valence-corrected chi connectivity index (χ4v) is 0.611. The third-order valence-electron chi connectivity index (χ3n) is 1.23. The van der Waals surface area contributed by atoms with Gasteiger partial charge in [0.05, 0.1) is 0 Å². The minimum absolute atomic E-state index is 0.602. The van der Waals surface area contributed by atoms with Crippen molar-refractivity contribution in [2.24, 2.45) is 0 Å². The SMILES string of the molecule is COC(OC)(C(=O)O)C(F)(F)F. The fraction of sp³-hybridized carbons (Fsp3) is 0.800. The van der Waals surface area contributed by atoms with Crippen LogP contribution < -0.4 is 0 Å². The van der Waals surface area contributed by atoms with Crippen molar-refractivity contribution in [3.63, 3.8) is 0 Å². The Morgan fingerprint density at radius 2 is 1.58 bits per heavy atom. The summed E-state index contributed by atoms with van der Waals surface area (Å²) in [5.74, 6) is -5.80. The molecule has 12 heavy (non-hydrogen) atoms. The summed E-state index contributed by atoms with van der Waals surface area (Å²) < 4.78 is 43.5. The molecule has 0 saturated carbocycles. The molecule has 0 spiro atoms. The van der Waals surface area contributed by atoms with Crippen molar-refractivity contribution in [3.8, 4) is 0 Å². The maximum atomic E-state index is 12.0. The van der Waals surface area contributed by atoms with E-state index in [4.69, 9.17) is 5.11 Å². The summed E-state index contributed by atoms with van der Waals surface area (Å²) in [5, 5.41) is 8.19. The van der Waals surface area contributed by atoms with E-state index in [-0.39, 0.29) is 0 Å². The summed E-state index contributed by atoms with van der Waals surface area (Å²) in [6.45, 7) is 0. The minimum atomic E-state index is -5.11. The van der Waals surface area contributed by atoms with E-state index in [1.165, 1.54) is 0 Å². The Bertz CT molecular complexity index is 172. The van der Waals surface area contributed by atoms with Gasteiger partial charge in [-0.2, -0.15) is 13.2 Å². The lowest BCUT2D eigenvalue weighted by atomic mass is 10.3. The van der Waals surface area contributed by atoms with E-state index in [1.54, 1.807) is 0 Å². The van der Waals surface area contributed by atoms with E-state index in [1.807, 2.05) is 0 Å². The molecule has 0 fully saturated rings. The lowest BCUT2D eigenvalue weighted by molar-refractivity contribution is -0.352. The fourth-order valence-electron chi connectivity index (χ4n) is 0.611. The molecule has 0 aromatic carbocycles. The van der Waals surface area contributed by atoms with Gasteiger partial charge in [-0.25, -0.2) is 4.79 Å². The van der Waals surface area contributed by atoms with E-state index < -0.39 is 17.9 Å². The van der Waals surface area contributed by atoms with Gasteiger partial charge >= 0.3 is 17.9 Å². The van der Waals surface area contributed by atoms with Gasteiger partial charge < -0.3 is 14.6 Å². The standard InChI is InChI=1S/C5H7F3O4/c1-11-4(12-2,3(9)10)5(6,7)8/h1-2H3,(H,9,10). The summed E-state index contributed by atoms with van der Waals surface area (Å²) in [7, 11) is 1.20. The summed E-state index contributed by atoms with van der Waals surface area (Å²) >= 11 is 0. The molecule has 0 heterocycles. The zero-order valence-electron chi connectivity index (χ0n) is 6.31. The van der Waals surface area contributed by atoms with Gasteiger partial charge in [0.15, 0.2) is 0 Å². The lowest BCUT2D eigenvalue weighted by Crippen LogP contribution is -2.55. The average Bonchev–Trinajstić information content (AvgIpc) is 1.87. The van der Waals surface area contributed by atoms with Crippen LogP contribution in [0.3, 0.4) is 0 Å². The molecule has 72 valence electrons. The number of ether oxygens (including phenoxy) is 2. The van der Waals surface area contributed by atoms with Gasteiger partial charge in [-0.15, -0.1) is 0 Å². The zero-order chi connectivity index (χ0) is 9.99. The first-order valence-corrected chi connectivity index (χ1v) is 2.72. The topological polar surface area (TPSA) is 55.8 Å². The Morgan fingerprint density at radius 3 is 1.58 bits per heavy atom. The van der Waals surface area contributed by atoms with Crippen LogP contribution in [0.5, 0.6) is 0 Å². The number of hydrogen-bond donors (Lipinski definition) is 1. The van der Waals surface area contributed by atoms with Crippen molar-refractivity contribution < 1.29 is 32.5 Å².